The molecule has 1 heteroatoms. The first-order valence-electron chi connectivity index (χ1n) is 2.94. The van der Waals surface area contributed by atoms with E-state index < -0.39 is 0 Å². The van der Waals surface area contributed by atoms with Crippen molar-refractivity contribution in [1.82, 2.24) is 0 Å². The molecular formula is C6H14N-. The third kappa shape index (κ3) is 2.63. The number of hydrogen-bond donors (Lipinski definition) is 0. The molecule has 0 unspecified atom stereocenters. The van der Waals surface area contributed by atoms with E-state index in [1.165, 1.54) is 12.8 Å². The van der Waals surface area contributed by atoms with Crippen LogP contribution >= 0.6 is 0 Å². The normalized spacial score (nSPS) is 10.3. The molecule has 0 saturated carbocycles. The lowest BCUT2D eigenvalue weighted by Gasteiger charge is -2.23. The van der Waals surface area contributed by atoms with Gasteiger partial charge in [0.2, 0.25) is 0 Å². The average molecular weight is 100 g/mol. The summed E-state index contributed by atoms with van der Waals surface area (Å²) < 4.78 is 0. The van der Waals surface area contributed by atoms with Crippen LogP contribution in [0.15, 0.2) is 0 Å². The van der Waals surface area contributed by atoms with Crippen LogP contribution in [0.1, 0.15) is 26.7 Å². The summed E-state index contributed by atoms with van der Waals surface area (Å²) >= 11 is 0. The van der Waals surface area contributed by atoms with Gasteiger partial charge in [0, 0.05) is 0 Å². The summed E-state index contributed by atoms with van der Waals surface area (Å²) in [5, 5.41) is 4.12. The summed E-state index contributed by atoms with van der Waals surface area (Å²) in [7, 11) is 1.89. The molecule has 0 heterocycles. The number of rotatable bonds is 3. The van der Waals surface area contributed by atoms with E-state index in [1.807, 2.05) is 7.05 Å². The minimum absolute atomic E-state index is 0.611. The van der Waals surface area contributed by atoms with Crippen LogP contribution in [0.4, 0.5) is 0 Å². The fourth-order valence-corrected chi connectivity index (χ4v) is 0.654. The molecule has 0 bridgehead atoms. The fourth-order valence-electron chi connectivity index (χ4n) is 0.654. The largest absolute Gasteiger partial charge is 0.662 e. The van der Waals surface area contributed by atoms with E-state index in [4.69, 9.17) is 0 Å². The van der Waals surface area contributed by atoms with Crippen LogP contribution in [0, 0.1) is 0 Å². The molecule has 1 nitrogen and oxygen atoms in total. The average Bonchev–Trinajstić information content (AvgIpc) is 1.72. The van der Waals surface area contributed by atoms with Crippen LogP contribution in [0.25, 0.3) is 5.32 Å². The molecule has 0 aromatic rings. The van der Waals surface area contributed by atoms with Crippen LogP contribution in [0.3, 0.4) is 0 Å². The van der Waals surface area contributed by atoms with E-state index in [0.29, 0.717) is 6.04 Å². The van der Waals surface area contributed by atoms with Crippen molar-refractivity contribution in [3.8, 4) is 0 Å². The summed E-state index contributed by atoms with van der Waals surface area (Å²) in [4.78, 5) is 0. The number of hydrogen-bond acceptors (Lipinski definition) is 0. The zero-order valence-corrected chi connectivity index (χ0v) is 5.44. The lowest BCUT2D eigenvalue weighted by Crippen LogP contribution is -1.99. The Labute approximate surface area is 46.1 Å². The molecule has 0 amide bonds. The first kappa shape index (κ1) is 6.96. The summed E-state index contributed by atoms with van der Waals surface area (Å²) in [6.07, 6.45) is 2.38. The Morgan fingerprint density at radius 1 is 1.29 bits per heavy atom. The van der Waals surface area contributed by atoms with Crippen LogP contribution in [0.2, 0.25) is 0 Å². The summed E-state index contributed by atoms with van der Waals surface area (Å²) in [6, 6.07) is 0.611. The molecule has 0 fully saturated rings. The van der Waals surface area contributed by atoms with Gasteiger partial charge in [0.1, 0.15) is 0 Å². The third-order valence-corrected chi connectivity index (χ3v) is 1.31. The molecule has 0 saturated heterocycles. The Bertz CT molecular complexity index is 25.7. The molecule has 0 aromatic carbocycles. The van der Waals surface area contributed by atoms with E-state index in [0.717, 1.165) is 0 Å². The zero-order valence-electron chi connectivity index (χ0n) is 5.44. The fraction of sp³-hybridized carbons (Fsp3) is 1.00. The Morgan fingerprint density at radius 2 is 1.71 bits per heavy atom. The standard InChI is InChI=1S/C6H14N/c1-4-6(5-2)7-3/h6H,4-5H2,1-3H3/q-1. The van der Waals surface area contributed by atoms with Crippen LogP contribution in [-0.4, -0.2) is 13.1 Å². The molecule has 0 atom stereocenters. The lowest BCUT2D eigenvalue weighted by molar-refractivity contribution is 0.690. The van der Waals surface area contributed by atoms with Crippen LogP contribution < -0.4 is 0 Å². The SMILES string of the molecule is CCC(CC)[N-]C. The van der Waals surface area contributed by atoms with Gasteiger partial charge in [-0.1, -0.05) is 26.7 Å². The van der Waals surface area contributed by atoms with E-state index in [2.05, 4.69) is 19.2 Å². The molecule has 0 N–H and O–H groups in total. The highest BCUT2D eigenvalue weighted by atomic mass is 14.9. The van der Waals surface area contributed by atoms with Crippen molar-refractivity contribution in [2.75, 3.05) is 7.05 Å². The van der Waals surface area contributed by atoms with Crippen LogP contribution in [0.5, 0.6) is 0 Å². The first-order valence-corrected chi connectivity index (χ1v) is 2.94. The Kier molecular flexibility index (Phi) is 4.10. The van der Waals surface area contributed by atoms with Crippen molar-refractivity contribution in [1.29, 1.82) is 0 Å². The van der Waals surface area contributed by atoms with E-state index >= 15 is 0 Å². The van der Waals surface area contributed by atoms with Gasteiger partial charge in [-0.15, -0.1) is 6.04 Å². The van der Waals surface area contributed by atoms with Crippen molar-refractivity contribution in [2.24, 2.45) is 0 Å². The van der Waals surface area contributed by atoms with E-state index in [-0.39, 0.29) is 0 Å². The zero-order chi connectivity index (χ0) is 5.70. The van der Waals surface area contributed by atoms with Gasteiger partial charge in [-0.25, -0.2) is 0 Å². The summed E-state index contributed by atoms with van der Waals surface area (Å²) in [6.45, 7) is 4.34. The molecule has 7 heavy (non-hydrogen) atoms. The van der Waals surface area contributed by atoms with Gasteiger partial charge in [0.15, 0.2) is 0 Å². The quantitative estimate of drug-likeness (QED) is 0.516. The van der Waals surface area contributed by atoms with Gasteiger partial charge < -0.3 is 5.32 Å². The van der Waals surface area contributed by atoms with Crippen molar-refractivity contribution in [2.45, 2.75) is 32.7 Å². The predicted octanol–water partition coefficient (Wildman–Crippen LogP) is 2.18. The van der Waals surface area contributed by atoms with Crippen molar-refractivity contribution in [3.05, 3.63) is 5.32 Å². The summed E-state index contributed by atoms with van der Waals surface area (Å²) in [5.74, 6) is 0. The second kappa shape index (κ2) is 4.13. The monoisotopic (exact) mass is 100 g/mol. The maximum absolute atomic E-state index is 4.12. The first-order chi connectivity index (χ1) is 3.35. The second-order valence-corrected chi connectivity index (χ2v) is 1.73. The van der Waals surface area contributed by atoms with Gasteiger partial charge in [-0.2, -0.15) is 7.05 Å². The van der Waals surface area contributed by atoms with Gasteiger partial charge in [-0.3, -0.25) is 0 Å². The topological polar surface area (TPSA) is 14.1 Å². The molecule has 0 aromatic heterocycles. The summed E-state index contributed by atoms with van der Waals surface area (Å²) in [5.41, 5.74) is 0. The van der Waals surface area contributed by atoms with Gasteiger partial charge in [0.05, 0.1) is 0 Å². The highest BCUT2D eigenvalue weighted by Gasteiger charge is 1.83. The van der Waals surface area contributed by atoms with E-state index in [9.17, 15) is 0 Å². The third-order valence-electron chi connectivity index (χ3n) is 1.31. The number of nitrogens with zero attached hydrogens (tertiary/aromatic N) is 1. The molecule has 0 rings (SSSR count). The van der Waals surface area contributed by atoms with Gasteiger partial charge in [0.25, 0.3) is 0 Å². The smallest absolute Gasteiger partial charge is 0.0668 e. The lowest BCUT2D eigenvalue weighted by atomic mass is 10.2. The van der Waals surface area contributed by atoms with Crippen molar-refractivity contribution in [3.63, 3.8) is 0 Å². The van der Waals surface area contributed by atoms with Gasteiger partial charge >= 0.3 is 0 Å². The molecule has 0 aliphatic rings. The predicted molar refractivity (Wildman–Crippen MR) is 33.7 cm³/mol. The Morgan fingerprint density at radius 3 is 1.71 bits per heavy atom. The van der Waals surface area contributed by atoms with Gasteiger partial charge in [-0.05, 0) is 0 Å². The minimum atomic E-state index is 0.611. The molecule has 44 valence electrons. The Hall–Kier alpha value is -0.0400. The van der Waals surface area contributed by atoms with Crippen molar-refractivity contribution < 1.29 is 0 Å². The molecule has 0 spiro atoms. The van der Waals surface area contributed by atoms with Crippen LogP contribution in [-0.2, 0) is 0 Å². The molecular weight excluding hydrogens is 86.1 g/mol. The molecule has 0 aliphatic heterocycles. The Balaban J connectivity index is 2.99. The maximum Gasteiger partial charge on any atom is -0.0668 e. The molecule has 0 radical (unpaired) electrons. The highest BCUT2D eigenvalue weighted by molar-refractivity contribution is 4.82. The molecule has 0 aliphatic carbocycles. The second-order valence-electron chi connectivity index (χ2n) is 1.73. The highest BCUT2D eigenvalue weighted by Crippen LogP contribution is 2.04. The van der Waals surface area contributed by atoms with Crippen molar-refractivity contribution >= 4 is 0 Å². The minimum Gasteiger partial charge on any atom is -0.662 e. The maximum atomic E-state index is 4.12. The van der Waals surface area contributed by atoms with E-state index in [1.54, 1.807) is 0 Å².